The molecule has 1 aliphatic rings. The Morgan fingerprint density at radius 1 is 1.15 bits per heavy atom. The minimum atomic E-state index is -3.71. The lowest BCUT2D eigenvalue weighted by molar-refractivity contribution is 0.0942. The van der Waals surface area contributed by atoms with Crippen molar-refractivity contribution in [3.63, 3.8) is 0 Å². The van der Waals surface area contributed by atoms with Crippen molar-refractivity contribution in [1.82, 2.24) is 14.1 Å². The number of halogens is 1. The number of sulfonamides is 1. The lowest BCUT2D eigenvalue weighted by Crippen LogP contribution is -2.38. The molecule has 0 aliphatic carbocycles. The Bertz CT molecular complexity index is 927. The van der Waals surface area contributed by atoms with Gasteiger partial charge in [-0.15, -0.1) is 0 Å². The average molecular weight is 379 g/mol. The molecule has 6 nitrogen and oxygen atoms in total. The van der Waals surface area contributed by atoms with Crippen LogP contribution >= 0.6 is 0 Å². The molecule has 1 aromatic heterocycles. The number of benzene rings is 1. The highest BCUT2D eigenvalue weighted by Gasteiger charge is 2.34. The fraction of sp³-hybridized carbons (Fsp3) is 0.444. The van der Waals surface area contributed by atoms with E-state index in [0.717, 1.165) is 17.5 Å². The first-order valence-corrected chi connectivity index (χ1v) is 10.0. The molecule has 0 amide bonds. The van der Waals surface area contributed by atoms with Crippen LogP contribution in [-0.2, 0) is 10.0 Å². The molecule has 2 aromatic rings. The van der Waals surface area contributed by atoms with Crippen LogP contribution in [-0.4, -0.2) is 41.5 Å². The van der Waals surface area contributed by atoms with Crippen LogP contribution in [0.25, 0.3) is 0 Å². The maximum Gasteiger partial charge on any atom is 0.278 e. The van der Waals surface area contributed by atoms with E-state index in [0.29, 0.717) is 19.0 Å². The van der Waals surface area contributed by atoms with Crippen molar-refractivity contribution in [1.29, 1.82) is 0 Å². The highest BCUT2D eigenvalue weighted by molar-refractivity contribution is 7.89. The fourth-order valence-electron chi connectivity index (χ4n) is 3.27. The molecule has 3 rings (SSSR count). The standard InChI is InChI=1S/C18H22FN3O3S/c1-12-8-10-21(11-9-12)26(24,25)17-13(2)20-22(14(17)3)18(23)15-4-6-16(19)7-5-15/h4-7,12H,8-11H2,1-3H3. The van der Waals surface area contributed by atoms with E-state index in [1.165, 1.54) is 28.6 Å². The van der Waals surface area contributed by atoms with Gasteiger partial charge >= 0.3 is 0 Å². The molecule has 0 saturated carbocycles. The van der Waals surface area contributed by atoms with Crippen LogP contribution in [0.1, 0.15) is 41.5 Å². The summed E-state index contributed by atoms with van der Waals surface area (Å²) in [5, 5.41) is 4.15. The highest BCUT2D eigenvalue weighted by atomic mass is 32.2. The number of aromatic nitrogens is 2. The fourth-order valence-corrected chi connectivity index (χ4v) is 5.09. The van der Waals surface area contributed by atoms with Crippen molar-refractivity contribution in [3.05, 3.63) is 47.0 Å². The summed E-state index contributed by atoms with van der Waals surface area (Å²) in [6.45, 7) is 6.21. The first kappa shape index (κ1) is 18.7. The zero-order valence-corrected chi connectivity index (χ0v) is 15.9. The molecule has 0 N–H and O–H groups in total. The van der Waals surface area contributed by atoms with Gasteiger partial charge in [-0.3, -0.25) is 4.79 Å². The van der Waals surface area contributed by atoms with Crippen molar-refractivity contribution < 1.29 is 17.6 Å². The van der Waals surface area contributed by atoms with Gasteiger partial charge < -0.3 is 0 Å². The molecule has 0 atom stereocenters. The smallest absolute Gasteiger partial charge is 0.267 e. The van der Waals surface area contributed by atoms with E-state index in [1.807, 2.05) is 0 Å². The van der Waals surface area contributed by atoms with Crippen molar-refractivity contribution in [3.8, 4) is 0 Å². The number of hydrogen-bond donors (Lipinski definition) is 0. The topological polar surface area (TPSA) is 72.3 Å². The zero-order valence-electron chi connectivity index (χ0n) is 15.1. The number of hydrogen-bond acceptors (Lipinski definition) is 4. The Kier molecular flexibility index (Phi) is 4.98. The van der Waals surface area contributed by atoms with Gasteiger partial charge in [0.25, 0.3) is 5.91 Å². The highest BCUT2D eigenvalue weighted by Crippen LogP contribution is 2.28. The van der Waals surface area contributed by atoms with Gasteiger partial charge in [-0.1, -0.05) is 6.92 Å². The average Bonchev–Trinajstić information content (AvgIpc) is 2.90. The molecule has 0 radical (unpaired) electrons. The molecular formula is C18H22FN3O3S. The molecule has 1 fully saturated rings. The van der Waals surface area contributed by atoms with Gasteiger partial charge in [0.2, 0.25) is 10.0 Å². The predicted molar refractivity (Wildman–Crippen MR) is 95.0 cm³/mol. The number of carbonyl (C=O) groups is 1. The van der Waals surface area contributed by atoms with E-state index in [-0.39, 0.29) is 21.8 Å². The van der Waals surface area contributed by atoms with Gasteiger partial charge in [-0.25, -0.2) is 12.8 Å². The second-order valence-electron chi connectivity index (χ2n) is 6.81. The molecule has 1 saturated heterocycles. The minimum Gasteiger partial charge on any atom is -0.267 e. The zero-order chi connectivity index (χ0) is 19.1. The summed E-state index contributed by atoms with van der Waals surface area (Å²) >= 11 is 0. The normalized spacial score (nSPS) is 16.8. The Labute approximate surface area is 152 Å². The van der Waals surface area contributed by atoms with E-state index in [4.69, 9.17) is 0 Å². The summed E-state index contributed by atoms with van der Waals surface area (Å²) in [6.07, 6.45) is 1.64. The van der Waals surface area contributed by atoms with Crippen LogP contribution in [0, 0.1) is 25.6 Å². The van der Waals surface area contributed by atoms with Crippen LogP contribution in [0.15, 0.2) is 29.2 Å². The van der Waals surface area contributed by atoms with E-state index in [9.17, 15) is 17.6 Å². The summed E-state index contributed by atoms with van der Waals surface area (Å²) in [4.78, 5) is 12.7. The molecule has 0 unspecified atom stereocenters. The van der Waals surface area contributed by atoms with Crippen molar-refractivity contribution >= 4 is 15.9 Å². The predicted octanol–water partition coefficient (Wildman–Crippen LogP) is 2.75. The summed E-state index contributed by atoms with van der Waals surface area (Å²) in [5.74, 6) is -0.428. The van der Waals surface area contributed by atoms with Crippen LogP contribution in [0.5, 0.6) is 0 Å². The largest absolute Gasteiger partial charge is 0.278 e. The monoisotopic (exact) mass is 379 g/mol. The van der Waals surface area contributed by atoms with Gasteiger partial charge in [-0.2, -0.15) is 14.1 Å². The summed E-state index contributed by atoms with van der Waals surface area (Å²) in [6, 6.07) is 5.08. The van der Waals surface area contributed by atoms with E-state index in [2.05, 4.69) is 12.0 Å². The molecule has 0 bridgehead atoms. The lowest BCUT2D eigenvalue weighted by atomic mass is 10.0. The molecule has 1 aromatic carbocycles. The van der Waals surface area contributed by atoms with E-state index in [1.54, 1.807) is 13.8 Å². The lowest BCUT2D eigenvalue weighted by Gasteiger charge is -2.29. The van der Waals surface area contributed by atoms with Crippen LogP contribution in [0.4, 0.5) is 4.39 Å². The first-order valence-electron chi connectivity index (χ1n) is 8.58. The SMILES string of the molecule is Cc1nn(C(=O)c2ccc(F)cc2)c(C)c1S(=O)(=O)N1CCC(C)CC1. The van der Waals surface area contributed by atoms with Crippen molar-refractivity contribution in [2.45, 2.75) is 38.5 Å². The molecule has 140 valence electrons. The van der Waals surface area contributed by atoms with Crippen molar-refractivity contribution in [2.24, 2.45) is 5.92 Å². The van der Waals surface area contributed by atoms with Gasteiger partial charge in [0.1, 0.15) is 10.7 Å². The van der Waals surface area contributed by atoms with E-state index < -0.39 is 21.7 Å². The van der Waals surface area contributed by atoms with Crippen LogP contribution in [0.2, 0.25) is 0 Å². The number of aryl methyl sites for hydroxylation is 1. The third-order valence-corrected chi connectivity index (χ3v) is 7.00. The van der Waals surface area contributed by atoms with Gasteiger partial charge in [-0.05, 0) is 56.9 Å². The molecule has 0 spiro atoms. The number of rotatable bonds is 3. The van der Waals surface area contributed by atoms with Gasteiger partial charge in [0, 0.05) is 18.7 Å². The summed E-state index contributed by atoms with van der Waals surface area (Å²) < 4.78 is 41.8. The van der Waals surface area contributed by atoms with E-state index >= 15 is 0 Å². The Balaban J connectivity index is 1.98. The Morgan fingerprint density at radius 2 is 1.73 bits per heavy atom. The van der Waals surface area contributed by atoms with Gasteiger partial charge in [0.05, 0.1) is 11.4 Å². The second-order valence-corrected chi connectivity index (χ2v) is 8.69. The molecule has 26 heavy (non-hydrogen) atoms. The molecule has 1 aliphatic heterocycles. The maximum atomic E-state index is 13.1. The number of nitrogens with zero attached hydrogens (tertiary/aromatic N) is 3. The number of piperidine rings is 1. The molecule has 2 heterocycles. The third-order valence-electron chi connectivity index (χ3n) is 4.85. The second kappa shape index (κ2) is 6.92. The Hall–Kier alpha value is -2.06. The quantitative estimate of drug-likeness (QED) is 0.822. The molecule has 8 heteroatoms. The summed E-state index contributed by atoms with van der Waals surface area (Å²) in [5.41, 5.74) is 0.805. The van der Waals surface area contributed by atoms with Crippen LogP contribution < -0.4 is 0 Å². The van der Waals surface area contributed by atoms with Crippen LogP contribution in [0.3, 0.4) is 0 Å². The maximum absolute atomic E-state index is 13.1. The van der Waals surface area contributed by atoms with Gasteiger partial charge in [0.15, 0.2) is 0 Å². The first-order chi connectivity index (χ1) is 12.2. The van der Waals surface area contributed by atoms with Crippen molar-refractivity contribution in [2.75, 3.05) is 13.1 Å². The summed E-state index contributed by atoms with van der Waals surface area (Å²) in [7, 11) is -3.71. The Morgan fingerprint density at radius 3 is 2.31 bits per heavy atom. The number of carbonyl (C=O) groups excluding carboxylic acids is 1. The molecular weight excluding hydrogens is 357 g/mol. The minimum absolute atomic E-state index is 0.0857. The third kappa shape index (κ3) is 3.31.